The Morgan fingerprint density at radius 1 is 1.29 bits per heavy atom. The summed E-state index contributed by atoms with van der Waals surface area (Å²) in [7, 11) is -2.86. The second-order valence-corrected chi connectivity index (χ2v) is 8.01. The molecule has 1 aliphatic rings. The van der Waals surface area contributed by atoms with Crippen LogP contribution in [0.4, 0.5) is 0 Å². The number of aryl methyl sites for hydroxylation is 2. The molecule has 0 amide bonds. The largest absolute Gasteiger partial charge is 0.339 e. The lowest BCUT2D eigenvalue weighted by Gasteiger charge is -2.02. The zero-order valence-corrected chi connectivity index (χ0v) is 13.0. The van der Waals surface area contributed by atoms with Gasteiger partial charge in [0.1, 0.15) is 0 Å². The van der Waals surface area contributed by atoms with E-state index >= 15 is 0 Å². The molecule has 0 bridgehead atoms. The van der Waals surface area contributed by atoms with Crippen LogP contribution in [0.5, 0.6) is 0 Å². The van der Waals surface area contributed by atoms with E-state index in [4.69, 9.17) is 4.52 Å². The van der Waals surface area contributed by atoms with Crippen molar-refractivity contribution in [3.63, 3.8) is 0 Å². The van der Waals surface area contributed by atoms with Crippen LogP contribution in [0, 0.1) is 19.8 Å². The lowest BCUT2D eigenvalue weighted by molar-refractivity contribution is 0.359. The summed E-state index contributed by atoms with van der Waals surface area (Å²) in [5, 5.41) is 4.00. The van der Waals surface area contributed by atoms with Crippen LogP contribution in [-0.4, -0.2) is 30.1 Å². The molecule has 21 heavy (non-hydrogen) atoms. The normalized spacial score (nSPS) is 20.8. The van der Waals surface area contributed by atoms with Crippen LogP contribution < -0.4 is 0 Å². The molecule has 0 N–H and O–H groups in total. The summed E-state index contributed by atoms with van der Waals surface area (Å²) in [5.41, 5.74) is 3.33. The first-order valence-corrected chi connectivity index (χ1v) is 8.86. The third-order valence-corrected chi connectivity index (χ3v) is 5.86. The third kappa shape index (κ3) is 3.15. The first-order chi connectivity index (χ1) is 9.93. The minimum absolute atomic E-state index is 0.100. The number of hydrogen-bond acceptors (Lipinski definition) is 5. The quantitative estimate of drug-likeness (QED) is 0.870. The molecule has 5 nitrogen and oxygen atoms in total. The Morgan fingerprint density at radius 3 is 2.76 bits per heavy atom. The lowest BCUT2D eigenvalue weighted by Crippen LogP contribution is -2.07. The van der Waals surface area contributed by atoms with E-state index in [2.05, 4.69) is 17.1 Å². The van der Waals surface area contributed by atoms with Gasteiger partial charge in [-0.05, 0) is 43.4 Å². The van der Waals surface area contributed by atoms with Crippen LogP contribution in [-0.2, 0) is 16.3 Å². The number of benzene rings is 1. The van der Waals surface area contributed by atoms with Crippen molar-refractivity contribution in [1.29, 1.82) is 0 Å². The Balaban J connectivity index is 1.76. The molecule has 112 valence electrons. The summed E-state index contributed by atoms with van der Waals surface area (Å²) >= 11 is 0. The van der Waals surface area contributed by atoms with Gasteiger partial charge in [-0.1, -0.05) is 17.3 Å². The highest BCUT2D eigenvalue weighted by Gasteiger charge is 2.29. The molecule has 1 aromatic heterocycles. The Morgan fingerprint density at radius 2 is 2.10 bits per heavy atom. The monoisotopic (exact) mass is 306 g/mol. The molecule has 3 rings (SSSR count). The Kier molecular flexibility index (Phi) is 3.57. The molecule has 2 aromatic rings. The third-order valence-electron chi connectivity index (χ3n) is 4.02. The van der Waals surface area contributed by atoms with Gasteiger partial charge in [0, 0.05) is 12.0 Å². The second kappa shape index (κ2) is 5.26. The number of aromatic nitrogens is 2. The molecule has 0 unspecified atom stereocenters. The van der Waals surface area contributed by atoms with E-state index in [0.717, 1.165) is 5.56 Å². The summed E-state index contributed by atoms with van der Waals surface area (Å²) in [6, 6.07) is 6.03. The highest BCUT2D eigenvalue weighted by molar-refractivity contribution is 7.91. The average molecular weight is 306 g/mol. The SMILES string of the molecule is Cc1ccc(-c2noc(C[C@@H]3CCS(=O)(=O)C3)n2)cc1C. The van der Waals surface area contributed by atoms with Gasteiger partial charge in [0.05, 0.1) is 11.5 Å². The summed E-state index contributed by atoms with van der Waals surface area (Å²) in [6.45, 7) is 4.10. The van der Waals surface area contributed by atoms with Crippen molar-refractivity contribution in [2.75, 3.05) is 11.5 Å². The van der Waals surface area contributed by atoms with E-state index in [1.807, 2.05) is 25.1 Å². The van der Waals surface area contributed by atoms with Gasteiger partial charge in [0.2, 0.25) is 11.7 Å². The van der Waals surface area contributed by atoms with E-state index in [1.54, 1.807) is 0 Å². The van der Waals surface area contributed by atoms with Crippen molar-refractivity contribution in [2.45, 2.75) is 26.7 Å². The van der Waals surface area contributed by atoms with Gasteiger partial charge < -0.3 is 4.52 Å². The van der Waals surface area contributed by atoms with Crippen LogP contribution in [0.2, 0.25) is 0 Å². The molecule has 0 spiro atoms. The van der Waals surface area contributed by atoms with Crippen molar-refractivity contribution < 1.29 is 12.9 Å². The maximum atomic E-state index is 11.5. The Hall–Kier alpha value is -1.69. The van der Waals surface area contributed by atoms with Crippen molar-refractivity contribution in [2.24, 2.45) is 5.92 Å². The molecular formula is C15H18N2O3S. The van der Waals surface area contributed by atoms with E-state index in [9.17, 15) is 8.42 Å². The molecule has 6 heteroatoms. The minimum atomic E-state index is -2.86. The highest BCUT2D eigenvalue weighted by atomic mass is 32.2. The first-order valence-electron chi connectivity index (χ1n) is 7.03. The molecule has 0 aliphatic carbocycles. The van der Waals surface area contributed by atoms with Gasteiger partial charge in [-0.2, -0.15) is 4.98 Å². The van der Waals surface area contributed by atoms with E-state index in [0.29, 0.717) is 24.6 Å². The molecule has 1 saturated heterocycles. The van der Waals surface area contributed by atoms with Crippen molar-refractivity contribution >= 4 is 9.84 Å². The molecule has 0 radical (unpaired) electrons. The smallest absolute Gasteiger partial charge is 0.227 e. The topological polar surface area (TPSA) is 73.1 Å². The van der Waals surface area contributed by atoms with Crippen LogP contribution in [0.1, 0.15) is 23.4 Å². The number of sulfone groups is 1. The standard InChI is InChI=1S/C15H18N2O3S/c1-10-3-4-13(7-11(10)2)15-16-14(20-17-15)8-12-5-6-21(18,19)9-12/h3-4,7,12H,5-6,8-9H2,1-2H3/t12-/m0/s1. The van der Waals surface area contributed by atoms with Crippen molar-refractivity contribution in [1.82, 2.24) is 10.1 Å². The number of rotatable bonds is 3. The minimum Gasteiger partial charge on any atom is -0.339 e. The summed E-state index contributed by atoms with van der Waals surface area (Å²) in [4.78, 5) is 4.39. The van der Waals surface area contributed by atoms with Gasteiger partial charge in [0.25, 0.3) is 0 Å². The van der Waals surface area contributed by atoms with Crippen LogP contribution >= 0.6 is 0 Å². The number of nitrogens with zero attached hydrogens (tertiary/aromatic N) is 2. The Bertz CT molecular complexity index is 765. The fourth-order valence-corrected chi connectivity index (χ4v) is 4.48. The fraction of sp³-hybridized carbons (Fsp3) is 0.467. The summed E-state index contributed by atoms with van der Waals surface area (Å²) in [5.74, 6) is 1.69. The molecule has 0 saturated carbocycles. The molecule has 1 fully saturated rings. The maximum absolute atomic E-state index is 11.5. The van der Waals surface area contributed by atoms with E-state index in [-0.39, 0.29) is 17.4 Å². The molecule has 1 aliphatic heterocycles. The maximum Gasteiger partial charge on any atom is 0.227 e. The van der Waals surface area contributed by atoms with Gasteiger partial charge in [-0.15, -0.1) is 0 Å². The molecule has 2 heterocycles. The lowest BCUT2D eigenvalue weighted by atomic mass is 10.1. The molecule has 1 aromatic carbocycles. The van der Waals surface area contributed by atoms with E-state index < -0.39 is 9.84 Å². The first kappa shape index (κ1) is 14.3. The van der Waals surface area contributed by atoms with Crippen molar-refractivity contribution in [3.8, 4) is 11.4 Å². The Labute approximate surface area is 124 Å². The van der Waals surface area contributed by atoms with Crippen LogP contribution in [0.25, 0.3) is 11.4 Å². The zero-order chi connectivity index (χ0) is 15.0. The zero-order valence-electron chi connectivity index (χ0n) is 12.2. The van der Waals surface area contributed by atoms with Gasteiger partial charge >= 0.3 is 0 Å². The van der Waals surface area contributed by atoms with Gasteiger partial charge in [-0.25, -0.2) is 8.42 Å². The van der Waals surface area contributed by atoms with Gasteiger partial charge in [0.15, 0.2) is 9.84 Å². The van der Waals surface area contributed by atoms with E-state index in [1.165, 1.54) is 11.1 Å². The molecular weight excluding hydrogens is 288 g/mol. The predicted octanol–water partition coefficient (Wildman–Crippen LogP) is 2.33. The van der Waals surface area contributed by atoms with Crippen LogP contribution in [0.15, 0.2) is 22.7 Å². The predicted molar refractivity (Wildman–Crippen MR) is 79.7 cm³/mol. The second-order valence-electron chi connectivity index (χ2n) is 5.78. The fourth-order valence-electron chi connectivity index (χ4n) is 2.62. The van der Waals surface area contributed by atoms with Crippen molar-refractivity contribution in [3.05, 3.63) is 35.2 Å². The molecule has 1 atom stereocenters. The highest BCUT2D eigenvalue weighted by Crippen LogP contribution is 2.24. The summed E-state index contributed by atoms with van der Waals surface area (Å²) < 4.78 is 28.2. The van der Waals surface area contributed by atoms with Gasteiger partial charge in [-0.3, -0.25) is 0 Å². The average Bonchev–Trinajstić information content (AvgIpc) is 3.00. The number of hydrogen-bond donors (Lipinski definition) is 0. The summed E-state index contributed by atoms with van der Waals surface area (Å²) in [6.07, 6.45) is 1.22. The van der Waals surface area contributed by atoms with Crippen LogP contribution in [0.3, 0.4) is 0 Å².